The minimum Gasteiger partial charge on any atom is -0.481 e. The lowest BCUT2D eigenvalue weighted by Crippen LogP contribution is -2.34. The molecular weight excluding hydrogens is 302 g/mol. The number of aliphatic carboxylic acids is 1. The maximum Gasteiger partial charge on any atom is 0.306 e. The van der Waals surface area contributed by atoms with Gasteiger partial charge in [-0.1, -0.05) is 12.1 Å². The van der Waals surface area contributed by atoms with E-state index < -0.39 is 12.1 Å². The number of nitrogens with one attached hydrogen (secondary N) is 1. The van der Waals surface area contributed by atoms with E-state index in [0.717, 1.165) is 0 Å². The molecule has 0 radical (unpaired) electrons. The molecule has 1 amide bonds. The minimum atomic E-state index is -0.961. The number of carbonyl (C=O) groups excluding carboxylic acids is 1. The van der Waals surface area contributed by atoms with E-state index in [0.29, 0.717) is 10.0 Å². The van der Waals surface area contributed by atoms with Gasteiger partial charge in [0.25, 0.3) is 5.91 Å². The van der Waals surface area contributed by atoms with Crippen molar-refractivity contribution in [1.29, 1.82) is 0 Å². The summed E-state index contributed by atoms with van der Waals surface area (Å²) in [5, 5.41) is 11.3. The molecule has 0 spiro atoms. The first-order valence-electron chi connectivity index (χ1n) is 5.32. The Hall–Kier alpha value is -1.40. The van der Waals surface area contributed by atoms with Crippen molar-refractivity contribution < 1.29 is 19.4 Å². The summed E-state index contributed by atoms with van der Waals surface area (Å²) in [4.78, 5) is 22.4. The van der Waals surface area contributed by atoms with E-state index in [1.54, 1.807) is 18.2 Å². The van der Waals surface area contributed by atoms with Crippen molar-refractivity contribution in [1.82, 2.24) is 5.32 Å². The monoisotopic (exact) mass is 315 g/mol. The van der Waals surface area contributed by atoms with Crippen LogP contribution in [0.3, 0.4) is 0 Å². The van der Waals surface area contributed by atoms with Gasteiger partial charge in [-0.05, 0) is 28.1 Å². The van der Waals surface area contributed by atoms with Crippen LogP contribution in [0.25, 0.3) is 0 Å². The van der Waals surface area contributed by atoms with Crippen LogP contribution in [0.2, 0.25) is 0 Å². The number of amides is 1. The number of carboxylic acid groups (broad SMARTS) is 1. The van der Waals surface area contributed by atoms with Gasteiger partial charge in [0, 0.05) is 18.1 Å². The Labute approximate surface area is 113 Å². The maximum absolute atomic E-state index is 11.8. The van der Waals surface area contributed by atoms with Gasteiger partial charge in [0.15, 0.2) is 0 Å². The summed E-state index contributed by atoms with van der Waals surface area (Å²) in [6, 6.07) is 7.01. The molecule has 0 bridgehead atoms. The Morgan fingerprint density at radius 2 is 2.11 bits per heavy atom. The van der Waals surface area contributed by atoms with Gasteiger partial charge in [-0.2, -0.15) is 0 Å². The van der Waals surface area contributed by atoms with Gasteiger partial charge < -0.3 is 15.2 Å². The number of hydrogen-bond donors (Lipinski definition) is 2. The molecule has 5 nitrogen and oxygen atoms in total. The van der Waals surface area contributed by atoms with Crippen molar-refractivity contribution in [2.24, 2.45) is 0 Å². The summed E-state index contributed by atoms with van der Waals surface area (Å²) in [5.41, 5.74) is 0.502. The fraction of sp³-hybridized carbons (Fsp3) is 0.333. The van der Waals surface area contributed by atoms with E-state index in [1.807, 2.05) is 6.07 Å². The molecule has 6 heteroatoms. The minimum absolute atomic E-state index is 0.146. The highest BCUT2D eigenvalue weighted by atomic mass is 79.9. The molecule has 0 saturated carbocycles. The Bertz CT molecular complexity index is 436. The summed E-state index contributed by atoms with van der Waals surface area (Å²) >= 11 is 3.28. The molecule has 0 heterocycles. The molecule has 1 aromatic rings. The van der Waals surface area contributed by atoms with Crippen molar-refractivity contribution in [3.63, 3.8) is 0 Å². The fourth-order valence-corrected chi connectivity index (χ4v) is 1.85. The summed E-state index contributed by atoms with van der Waals surface area (Å²) in [6.45, 7) is 0.156. The lowest BCUT2D eigenvalue weighted by molar-refractivity contribution is -0.139. The summed E-state index contributed by atoms with van der Waals surface area (Å²) in [5.74, 6) is -1.23. The number of carbonyl (C=O) groups is 2. The van der Waals surface area contributed by atoms with Crippen LogP contribution in [-0.4, -0.2) is 36.7 Å². The third-order valence-electron chi connectivity index (χ3n) is 2.34. The topological polar surface area (TPSA) is 75.6 Å². The molecule has 1 rings (SSSR count). The molecule has 0 aliphatic rings. The Morgan fingerprint density at radius 3 is 2.67 bits per heavy atom. The number of halogens is 1. The zero-order valence-electron chi connectivity index (χ0n) is 9.85. The number of methoxy groups -OCH3 is 1. The number of hydrogen-bond acceptors (Lipinski definition) is 3. The van der Waals surface area contributed by atoms with Crippen LogP contribution in [0.5, 0.6) is 0 Å². The van der Waals surface area contributed by atoms with Gasteiger partial charge in [0.1, 0.15) is 0 Å². The SMILES string of the molecule is COC(CNC(=O)c1ccccc1Br)CC(=O)O. The van der Waals surface area contributed by atoms with E-state index in [1.165, 1.54) is 7.11 Å². The normalized spacial score (nSPS) is 11.9. The average molecular weight is 316 g/mol. The molecule has 2 N–H and O–H groups in total. The Morgan fingerprint density at radius 1 is 1.44 bits per heavy atom. The van der Waals surface area contributed by atoms with E-state index >= 15 is 0 Å². The van der Waals surface area contributed by atoms with Crippen molar-refractivity contribution in [3.8, 4) is 0 Å². The van der Waals surface area contributed by atoms with E-state index in [-0.39, 0.29) is 18.9 Å². The second-order valence-electron chi connectivity index (χ2n) is 3.65. The van der Waals surface area contributed by atoms with Gasteiger partial charge in [-0.3, -0.25) is 9.59 Å². The smallest absolute Gasteiger partial charge is 0.306 e. The van der Waals surface area contributed by atoms with Crippen LogP contribution < -0.4 is 5.32 Å². The molecule has 1 unspecified atom stereocenters. The highest BCUT2D eigenvalue weighted by molar-refractivity contribution is 9.10. The second-order valence-corrected chi connectivity index (χ2v) is 4.50. The van der Waals surface area contributed by atoms with Crippen LogP contribution in [-0.2, 0) is 9.53 Å². The first-order chi connectivity index (χ1) is 8.54. The van der Waals surface area contributed by atoms with Gasteiger partial charge in [-0.15, -0.1) is 0 Å². The molecule has 0 aromatic heterocycles. The molecular formula is C12H14BrNO4. The Kier molecular flexibility index (Phi) is 5.80. The maximum atomic E-state index is 11.8. The zero-order valence-corrected chi connectivity index (χ0v) is 11.4. The molecule has 98 valence electrons. The average Bonchev–Trinajstić information content (AvgIpc) is 2.34. The van der Waals surface area contributed by atoms with Crippen molar-refractivity contribution >= 4 is 27.8 Å². The van der Waals surface area contributed by atoms with Crippen molar-refractivity contribution in [2.45, 2.75) is 12.5 Å². The fourth-order valence-electron chi connectivity index (χ4n) is 1.38. The van der Waals surface area contributed by atoms with Crippen molar-refractivity contribution in [3.05, 3.63) is 34.3 Å². The summed E-state index contributed by atoms with van der Waals surface area (Å²) in [7, 11) is 1.41. The third kappa shape index (κ3) is 4.46. The van der Waals surface area contributed by atoms with Crippen LogP contribution in [0.1, 0.15) is 16.8 Å². The second kappa shape index (κ2) is 7.13. The van der Waals surface area contributed by atoms with E-state index in [9.17, 15) is 9.59 Å². The quantitative estimate of drug-likeness (QED) is 0.837. The zero-order chi connectivity index (χ0) is 13.5. The summed E-state index contributed by atoms with van der Waals surface area (Å²) < 4.78 is 5.66. The molecule has 0 aliphatic carbocycles. The third-order valence-corrected chi connectivity index (χ3v) is 3.04. The van der Waals surface area contributed by atoms with Crippen molar-refractivity contribution in [2.75, 3.05) is 13.7 Å². The lowest BCUT2D eigenvalue weighted by atomic mass is 10.2. The largest absolute Gasteiger partial charge is 0.481 e. The standard InChI is InChI=1S/C12H14BrNO4/c1-18-8(6-11(15)16)7-14-12(17)9-4-2-3-5-10(9)13/h2-5,8H,6-7H2,1H3,(H,14,17)(H,15,16). The van der Waals surface area contributed by atoms with Gasteiger partial charge in [-0.25, -0.2) is 0 Å². The molecule has 18 heavy (non-hydrogen) atoms. The van der Waals surface area contributed by atoms with Crippen LogP contribution in [0.4, 0.5) is 0 Å². The number of carboxylic acids is 1. The first-order valence-corrected chi connectivity index (χ1v) is 6.11. The van der Waals surface area contributed by atoms with Crippen LogP contribution >= 0.6 is 15.9 Å². The predicted octanol–water partition coefficient (Wildman–Crippen LogP) is 1.67. The lowest BCUT2D eigenvalue weighted by Gasteiger charge is -2.14. The highest BCUT2D eigenvalue weighted by Gasteiger charge is 2.15. The predicted molar refractivity (Wildman–Crippen MR) is 69.5 cm³/mol. The van der Waals surface area contributed by atoms with Gasteiger partial charge in [0.05, 0.1) is 18.1 Å². The summed E-state index contributed by atoms with van der Waals surface area (Å²) in [6.07, 6.45) is -0.679. The first kappa shape index (κ1) is 14.7. The molecule has 0 saturated heterocycles. The van der Waals surface area contributed by atoms with Crippen LogP contribution in [0.15, 0.2) is 28.7 Å². The Balaban J connectivity index is 2.55. The molecule has 0 fully saturated rings. The van der Waals surface area contributed by atoms with Gasteiger partial charge >= 0.3 is 5.97 Å². The highest BCUT2D eigenvalue weighted by Crippen LogP contribution is 2.15. The number of rotatable bonds is 6. The number of ether oxygens (including phenoxy) is 1. The van der Waals surface area contributed by atoms with E-state index in [4.69, 9.17) is 9.84 Å². The molecule has 1 atom stereocenters. The van der Waals surface area contributed by atoms with Gasteiger partial charge in [0.2, 0.25) is 0 Å². The molecule has 1 aromatic carbocycles. The van der Waals surface area contributed by atoms with Crippen LogP contribution in [0, 0.1) is 0 Å². The molecule has 0 aliphatic heterocycles. The van der Waals surface area contributed by atoms with E-state index in [2.05, 4.69) is 21.2 Å². The number of benzene rings is 1.